The molecule has 1 fully saturated rings. The molecule has 2 heterocycles. The van der Waals surface area contributed by atoms with Gasteiger partial charge in [-0.3, -0.25) is 4.79 Å². The molecule has 1 saturated heterocycles. The molecule has 1 amide bonds. The number of aliphatic hydroxyl groups is 1. The van der Waals surface area contributed by atoms with Crippen LogP contribution >= 0.6 is 0 Å². The first-order valence-corrected chi connectivity index (χ1v) is 10.8. The molecular weight excluding hydrogens is 410 g/mol. The highest BCUT2D eigenvalue weighted by molar-refractivity contribution is 5.95. The van der Waals surface area contributed by atoms with Crippen LogP contribution in [0.4, 0.5) is 14.5 Å². The molecule has 3 aromatic carbocycles. The van der Waals surface area contributed by atoms with Crippen molar-refractivity contribution in [2.24, 2.45) is 5.92 Å². The predicted octanol–water partition coefficient (Wildman–Crippen LogP) is 4.65. The van der Waals surface area contributed by atoms with E-state index in [1.54, 1.807) is 17.0 Å². The lowest BCUT2D eigenvalue weighted by molar-refractivity contribution is 0.0693. The fourth-order valence-electron chi connectivity index (χ4n) is 5.32. The number of aliphatic hydroxyl groups excluding tert-OH is 1. The van der Waals surface area contributed by atoms with Crippen LogP contribution in [0, 0.1) is 17.6 Å². The Hall–Kier alpha value is -3.25. The molecule has 0 bridgehead atoms. The summed E-state index contributed by atoms with van der Waals surface area (Å²) in [7, 11) is 1.95. The maximum atomic E-state index is 13.8. The molecule has 0 aromatic heterocycles. The van der Waals surface area contributed by atoms with E-state index in [0.29, 0.717) is 12.1 Å². The van der Waals surface area contributed by atoms with Crippen LogP contribution in [0.5, 0.6) is 0 Å². The highest BCUT2D eigenvalue weighted by Crippen LogP contribution is 2.49. The van der Waals surface area contributed by atoms with Gasteiger partial charge in [0.1, 0.15) is 11.6 Å². The Labute approximate surface area is 185 Å². The number of anilines is 1. The Morgan fingerprint density at radius 1 is 1.00 bits per heavy atom. The Morgan fingerprint density at radius 3 is 2.44 bits per heavy atom. The molecule has 1 N–H and O–H groups in total. The topological polar surface area (TPSA) is 43.8 Å². The molecule has 3 atom stereocenters. The van der Waals surface area contributed by atoms with E-state index in [0.717, 1.165) is 28.8 Å². The Morgan fingerprint density at radius 2 is 1.72 bits per heavy atom. The average molecular weight is 434 g/mol. The normalized spacial score (nSPS) is 21.9. The number of rotatable bonds is 3. The smallest absolute Gasteiger partial charge is 0.254 e. The van der Waals surface area contributed by atoms with Crippen molar-refractivity contribution >= 4 is 11.6 Å². The van der Waals surface area contributed by atoms with Crippen LogP contribution in [0.2, 0.25) is 0 Å². The molecule has 0 radical (unpaired) electrons. The molecule has 0 aliphatic carbocycles. The van der Waals surface area contributed by atoms with E-state index < -0.39 is 5.82 Å². The van der Waals surface area contributed by atoms with Crippen molar-refractivity contribution in [2.75, 3.05) is 25.1 Å². The van der Waals surface area contributed by atoms with E-state index in [1.807, 2.05) is 31.3 Å². The average Bonchev–Trinajstić information content (AvgIpc) is 3.23. The molecule has 2 aliphatic heterocycles. The molecule has 0 saturated carbocycles. The van der Waals surface area contributed by atoms with Crippen LogP contribution in [0.25, 0.3) is 11.1 Å². The minimum Gasteiger partial charge on any atom is -0.394 e. The van der Waals surface area contributed by atoms with E-state index in [9.17, 15) is 18.7 Å². The number of likely N-dealkylation sites (N-methyl/N-ethyl adjacent to an activating group) is 1. The molecule has 6 heteroatoms. The predicted molar refractivity (Wildman–Crippen MR) is 119 cm³/mol. The Bertz CT molecular complexity index is 1180. The van der Waals surface area contributed by atoms with Crippen molar-refractivity contribution < 1.29 is 18.7 Å². The lowest BCUT2D eigenvalue weighted by Crippen LogP contribution is -2.48. The number of amides is 1. The van der Waals surface area contributed by atoms with Crippen LogP contribution in [0.15, 0.2) is 66.7 Å². The van der Waals surface area contributed by atoms with Gasteiger partial charge >= 0.3 is 0 Å². The molecule has 2 aliphatic rings. The quantitative estimate of drug-likeness (QED) is 0.653. The van der Waals surface area contributed by atoms with Crippen LogP contribution in [-0.2, 0) is 0 Å². The molecule has 4 nitrogen and oxygen atoms in total. The minimum absolute atomic E-state index is 0.0231. The molecular formula is C26H24F2N2O2. The molecule has 164 valence electrons. The monoisotopic (exact) mass is 434 g/mol. The van der Waals surface area contributed by atoms with Crippen molar-refractivity contribution in [2.45, 2.75) is 18.5 Å². The van der Waals surface area contributed by atoms with E-state index in [4.69, 9.17) is 0 Å². The SMILES string of the molecule is CN1c2ccc(-c3cccc(F)c3)cc2[C@H]2[C@H](CCN2C(=O)c2cccc(F)c2)[C@@H]1CO. The summed E-state index contributed by atoms with van der Waals surface area (Å²) in [5, 5.41) is 10.1. The number of carbonyl (C=O) groups is 1. The first-order chi connectivity index (χ1) is 15.5. The van der Waals surface area contributed by atoms with Crippen molar-refractivity contribution in [1.82, 2.24) is 4.90 Å². The highest BCUT2D eigenvalue weighted by atomic mass is 19.1. The summed E-state index contributed by atoms with van der Waals surface area (Å²) in [5.74, 6) is -0.936. The van der Waals surface area contributed by atoms with Gasteiger partial charge in [-0.2, -0.15) is 0 Å². The highest BCUT2D eigenvalue weighted by Gasteiger charge is 2.47. The number of hydrogen-bond donors (Lipinski definition) is 1. The van der Waals surface area contributed by atoms with E-state index in [2.05, 4.69) is 4.90 Å². The maximum Gasteiger partial charge on any atom is 0.254 e. The van der Waals surface area contributed by atoms with Gasteiger partial charge in [0.2, 0.25) is 0 Å². The third kappa shape index (κ3) is 3.35. The van der Waals surface area contributed by atoms with Crippen LogP contribution in [0.3, 0.4) is 0 Å². The van der Waals surface area contributed by atoms with E-state index in [1.165, 1.54) is 30.3 Å². The zero-order valence-electron chi connectivity index (χ0n) is 17.7. The maximum absolute atomic E-state index is 13.8. The molecule has 5 rings (SSSR count). The van der Waals surface area contributed by atoms with Crippen LogP contribution < -0.4 is 4.90 Å². The number of carbonyl (C=O) groups excluding carboxylic acids is 1. The first-order valence-electron chi connectivity index (χ1n) is 10.8. The number of fused-ring (bicyclic) bond motifs is 3. The van der Waals surface area contributed by atoms with Crippen molar-refractivity contribution in [3.05, 3.63) is 89.5 Å². The van der Waals surface area contributed by atoms with Gasteiger partial charge in [-0.15, -0.1) is 0 Å². The summed E-state index contributed by atoms with van der Waals surface area (Å²) in [5.41, 5.74) is 3.84. The van der Waals surface area contributed by atoms with E-state index in [-0.39, 0.29) is 36.3 Å². The number of nitrogens with zero attached hydrogens (tertiary/aromatic N) is 2. The third-order valence-electron chi connectivity index (χ3n) is 6.84. The molecule has 0 unspecified atom stereocenters. The Balaban J connectivity index is 1.61. The lowest BCUT2D eigenvalue weighted by Gasteiger charge is -2.44. The largest absolute Gasteiger partial charge is 0.394 e. The second-order valence-corrected chi connectivity index (χ2v) is 8.55. The van der Waals surface area contributed by atoms with Gasteiger partial charge in [0, 0.05) is 30.8 Å². The number of halogens is 2. The summed E-state index contributed by atoms with van der Waals surface area (Å²) >= 11 is 0. The van der Waals surface area contributed by atoms with Crippen LogP contribution in [0.1, 0.15) is 28.4 Å². The van der Waals surface area contributed by atoms with Gasteiger partial charge < -0.3 is 14.9 Å². The number of likely N-dealkylation sites (tertiary alicyclic amines) is 1. The third-order valence-corrected chi connectivity index (χ3v) is 6.84. The van der Waals surface area contributed by atoms with Gasteiger partial charge in [0.25, 0.3) is 5.91 Å². The van der Waals surface area contributed by atoms with Gasteiger partial charge in [-0.1, -0.05) is 24.3 Å². The standard InChI is InChI=1S/C26H24F2N2O2/c1-29-23-9-8-17(16-4-2-6-19(27)12-16)14-22(23)25-21(24(29)15-31)10-11-30(25)26(32)18-5-3-7-20(28)13-18/h2-9,12-14,21,24-25,31H,10-11,15H2,1H3/t21-,24+,25-/m1/s1. The number of hydrogen-bond acceptors (Lipinski definition) is 3. The van der Waals surface area contributed by atoms with Crippen LogP contribution in [-0.4, -0.2) is 42.2 Å². The molecule has 0 spiro atoms. The summed E-state index contributed by atoms with van der Waals surface area (Å²) in [6.45, 7) is 0.503. The zero-order valence-corrected chi connectivity index (χ0v) is 17.7. The minimum atomic E-state index is -0.447. The van der Waals surface area contributed by atoms with Gasteiger partial charge in [0.15, 0.2) is 0 Å². The second-order valence-electron chi connectivity index (χ2n) is 8.55. The van der Waals surface area contributed by atoms with Gasteiger partial charge in [0.05, 0.1) is 18.7 Å². The number of benzene rings is 3. The zero-order chi connectivity index (χ0) is 22.4. The van der Waals surface area contributed by atoms with Crippen molar-refractivity contribution in [1.29, 1.82) is 0 Å². The fourth-order valence-corrected chi connectivity index (χ4v) is 5.32. The fraction of sp³-hybridized carbons (Fsp3) is 0.269. The summed E-state index contributed by atoms with van der Waals surface area (Å²) < 4.78 is 27.6. The summed E-state index contributed by atoms with van der Waals surface area (Å²) in [6, 6.07) is 17.7. The second kappa shape index (κ2) is 8.02. The van der Waals surface area contributed by atoms with Gasteiger partial charge in [-0.25, -0.2) is 8.78 Å². The van der Waals surface area contributed by atoms with E-state index >= 15 is 0 Å². The summed E-state index contributed by atoms with van der Waals surface area (Å²) in [6.07, 6.45) is 0.741. The van der Waals surface area contributed by atoms with Crippen molar-refractivity contribution in [3.63, 3.8) is 0 Å². The van der Waals surface area contributed by atoms with Crippen molar-refractivity contribution in [3.8, 4) is 11.1 Å². The lowest BCUT2D eigenvalue weighted by atomic mass is 9.81. The molecule has 3 aromatic rings. The summed E-state index contributed by atoms with van der Waals surface area (Å²) in [4.78, 5) is 17.2. The first kappa shape index (κ1) is 20.6. The Kier molecular flexibility index (Phi) is 5.18. The molecule has 32 heavy (non-hydrogen) atoms. The van der Waals surface area contributed by atoms with Gasteiger partial charge in [-0.05, 0) is 65.6 Å².